The van der Waals surface area contributed by atoms with Crippen LogP contribution >= 0.6 is 0 Å². The second-order valence-electron chi connectivity index (χ2n) is 4.30. The van der Waals surface area contributed by atoms with Crippen molar-refractivity contribution in [2.75, 3.05) is 0 Å². The number of rotatable bonds is 1. The molecule has 3 rings (SSSR count). The van der Waals surface area contributed by atoms with Gasteiger partial charge in [-0.25, -0.2) is 0 Å². The van der Waals surface area contributed by atoms with Crippen LogP contribution in [0.5, 0.6) is 5.88 Å². The van der Waals surface area contributed by atoms with Gasteiger partial charge >= 0.3 is 0 Å². The summed E-state index contributed by atoms with van der Waals surface area (Å²) in [5.41, 5.74) is 0.843. The van der Waals surface area contributed by atoms with Crippen molar-refractivity contribution in [2.45, 2.75) is 31.6 Å². The van der Waals surface area contributed by atoms with Gasteiger partial charge in [-0.1, -0.05) is 12.8 Å². The molecule has 5 nitrogen and oxygen atoms in total. The van der Waals surface area contributed by atoms with Gasteiger partial charge in [0.2, 0.25) is 5.88 Å². The Morgan fingerprint density at radius 1 is 1.44 bits per heavy atom. The summed E-state index contributed by atoms with van der Waals surface area (Å²) in [6.45, 7) is 0. The fourth-order valence-electron chi connectivity index (χ4n) is 2.55. The molecule has 1 saturated carbocycles. The molecule has 0 aromatic carbocycles. The molecule has 16 heavy (non-hydrogen) atoms. The lowest BCUT2D eigenvalue weighted by molar-refractivity contribution is 0.419. The average Bonchev–Trinajstić information content (AvgIpc) is 2.87. The van der Waals surface area contributed by atoms with Gasteiger partial charge in [0.1, 0.15) is 5.65 Å². The Balaban J connectivity index is 2.26. The Kier molecular flexibility index (Phi) is 1.99. The van der Waals surface area contributed by atoms with E-state index in [1.807, 2.05) is 0 Å². The summed E-state index contributed by atoms with van der Waals surface area (Å²) in [7, 11) is 0. The highest BCUT2D eigenvalue weighted by Crippen LogP contribution is 2.35. The highest BCUT2D eigenvalue weighted by Gasteiger charge is 2.25. The van der Waals surface area contributed by atoms with E-state index in [4.69, 9.17) is 0 Å². The molecule has 0 bridgehead atoms. The minimum absolute atomic E-state index is 0.00403. The Bertz CT molecular complexity index is 578. The Morgan fingerprint density at radius 3 is 2.94 bits per heavy atom. The van der Waals surface area contributed by atoms with Crippen LogP contribution in [0, 0.1) is 0 Å². The predicted molar refractivity (Wildman–Crippen MR) is 58.7 cm³/mol. The Morgan fingerprint density at radius 2 is 2.19 bits per heavy atom. The van der Waals surface area contributed by atoms with Crippen molar-refractivity contribution < 1.29 is 5.11 Å². The van der Waals surface area contributed by atoms with Gasteiger partial charge in [-0.15, -0.1) is 0 Å². The molecule has 2 heterocycles. The predicted octanol–water partition coefficient (Wildman–Crippen LogP) is 1.39. The second kappa shape index (κ2) is 3.37. The van der Waals surface area contributed by atoms with Crippen molar-refractivity contribution >= 4 is 5.65 Å². The third kappa shape index (κ3) is 1.24. The molecule has 5 heteroatoms. The summed E-state index contributed by atoms with van der Waals surface area (Å²) in [5, 5.41) is 14.0. The smallest absolute Gasteiger partial charge is 0.258 e. The van der Waals surface area contributed by atoms with Gasteiger partial charge < -0.3 is 10.1 Å². The molecule has 84 valence electrons. The zero-order valence-electron chi connectivity index (χ0n) is 8.81. The van der Waals surface area contributed by atoms with Crippen LogP contribution in [0.4, 0.5) is 0 Å². The van der Waals surface area contributed by atoms with E-state index in [0.717, 1.165) is 25.7 Å². The molecule has 2 N–H and O–H groups in total. The molecule has 0 atom stereocenters. The topological polar surface area (TPSA) is 70.4 Å². The lowest BCUT2D eigenvalue weighted by atomic mass is 10.00. The molecule has 1 fully saturated rings. The molecular weight excluding hydrogens is 206 g/mol. The van der Waals surface area contributed by atoms with E-state index < -0.39 is 0 Å². The number of aromatic hydroxyl groups is 1. The Labute approximate surface area is 91.7 Å². The molecule has 0 radical (unpaired) electrons. The molecule has 0 unspecified atom stereocenters. The quantitative estimate of drug-likeness (QED) is 0.761. The number of nitrogens with zero attached hydrogens (tertiary/aromatic N) is 2. The third-order valence-corrected chi connectivity index (χ3v) is 3.33. The fraction of sp³-hybridized carbons (Fsp3) is 0.455. The number of nitrogens with one attached hydrogen (secondary N) is 1. The van der Waals surface area contributed by atoms with Gasteiger partial charge in [0.15, 0.2) is 0 Å². The number of hydrogen-bond acceptors (Lipinski definition) is 3. The molecule has 1 aliphatic carbocycles. The summed E-state index contributed by atoms with van der Waals surface area (Å²) in [6, 6.07) is 1.67. The van der Waals surface area contributed by atoms with Crippen molar-refractivity contribution in [3.8, 4) is 5.88 Å². The van der Waals surface area contributed by atoms with Crippen LogP contribution in [0.3, 0.4) is 0 Å². The van der Waals surface area contributed by atoms with Crippen LogP contribution in [-0.2, 0) is 0 Å². The standard InChI is InChI=1S/C11H13N3O2/c15-10-9(7-3-1-2-4-7)11(16)14-8(13-10)5-6-12-14/h5-7,16H,1-4H2,(H,13,15). The van der Waals surface area contributed by atoms with Gasteiger partial charge in [0.05, 0.1) is 11.8 Å². The minimum Gasteiger partial charge on any atom is -0.493 e. The van der Waals surface area contributed by atoms with Crippen LogP contribution in [0.2, 0.25) is 0 Å². The maximum Gasteiger partial charge on any atom is 0.258 e. The van der Waals surface area contributed by atoms with Crippen molar-refractivity contribution in [1.82, 2.24) is 14.6 Å². The fourth-order valence-corrected chi connectivity index (χ4v) is 2.55. The first-order valence-electron chi connectivity index (χ1n) is 5.56. The van der Waals surface area contributed by atoms with E-state index in [1.165, 1.54) is 4.52 Å². The average molecular weight is 219 g/mol. The largest absolute Gasteiger partial charge is 0.493 e. The first kappa shape index (κ1) is 9.45. The van der Waals surface area contributed by atoms with E-state index >= 15 is 0 Å². The van der Waals surface area contributed by atoms with Crippen LogP contribution in [0.25, 0.3) is 5.65 Å². The van der Waals surface area contributed by atoms with Gasteiger partial charge in [-0.3, -0.25) is 4.79 Å². The highest BCUT2D eigenvalue weighted by molar-refractivity contribution is 5.42. The van der Waals surface area contributed by atoms with Crippen LogP contribution in [0.1, 0.15) is 37.2 Å². The van der Waals surface area contributed by atoms with Crippen LogP contribution in [-0.4, -0.2) is 19.7 Å². The monoisotopic (exact) mass is 219 g/mol. The summed E-state index contributed by atoms with van der Waals surface area (Å²) in [4.78, 5) is 14.6. The summed E-state index contributed by atoms with van der Waals surface area (Å²) in [5.74, 6) is 0.174. The molecule has 0 spiro atoms. The molecular formula is C11H13N3O2. The van der Waals surface area contributed by atoms with Gasteiger partial charge in [0.25, 0.3) is 5.56 Å². The maximum absolute atomic E-state index is 11.9. The van der Waals surface area contributed by atoms with Gasteiger partial charge in [0, 0.05) is 6.07 Å². The van der Waals surface area contributed by atoms with E-state index in [-0.39, 0.29) is 17.4 Å². The molecule has 2 aromatic heterocycles. The lowest BCUT2D eigenvalue weighted by Crippen LogP contribution is -2.17. The van der Waals surface area contributed by atoms with Crippen molar-refractivity contribution in [3.05, 3.63) is 28.2 Å². The van der Waals surface area contributed by atoms with E-state index in [1.54, 1.807) is 12.3 Å². The van der Waals surface area contributed by atoms with Crippen molar-refractivity contribution in [3.63, 3.8) is 0 Å². The zero-order valence-corrected chi connectivity index (χ0v) is 8.81. The van der Waals surface area contributed by atoms with E-state index in [9.17, 15) is 9.90 Å². The van der Waals surface area contributed by atoms with E-state index in [2.05, 4.69) is 10.1 Å². The first-order valence-corrected chi connectivity index (χ1v) is 5.56. The Hall–Kier alpha value is -1.78. The SMILES string of the molecule is O=c1[nH]c2ccnn2c(O)c1C1CCCC1. The normalized spacial score (nSPS) is 17.2. The molecule has 0 aliphatic heterocycles. The number of aromatic amines is 1. The van der Waals surface area contributed by atoms with Crippen LogP contribution in [0.15, 0.2) is 17.1 Å². The summed E-state index contributed by atoms with van der Waals surface area (Å²) >= 11 is 0. The first-order chi connectivity index (χ1) is 7.77. The zero-order chi connectivity index (χ0) is 11.1. The summed E-state index contributed by atoms with van der Waals surface area (Å²) < 4.78 is 1.38. The molecule has 2 aromatic rings. The van der Waals surface area contributed by atoms with Gasteiger partial charge in [-0.05, 0) is 18.8 Å². The van der Waals surface area contributed by atoms with Crippen molar-refractivity contribution in [2.24, 2.45) is 0 Å². The van der Waals surface area contributed by atoms with Crippen molar-refractivity contribution in [1.29, 1.82) is 0 Å². The molecule has 0 saturated heterocycles. The number of aromatic nitrogens is 3. The van der Waals surface area contributed by atoms with Gasteiger partial charge in [-0.2, -0.15) is 9.61 Å². The maximum atomic E-state index is 11.9. The number of H-pyrrole nitrogens is 1. The highest BCUT2D eigenvalue weighted by atomic mass is 16.3. The minimum atomic E-state index is -0.183. The third-order valence-electron chi connectivity index (χ3n) is 3.33. The molecule has 0 amide bonds. The second-order valence-corrected chi connectivity index (χ2v) is 4.30. The lowest BCUT2D eigenvalue weighted by Gasteiger charge is -2.10. The van der Waals surface area contributed by atoms with E-state index in [0.29, 0.717) is 11.2 Å². The molecule has 1 aliphatic rings. The number of fused-ring (bicyclic) bond motifs is 1. The number of hydrogen-bond donors (Lipinski definition) is 2. The van der Waals surface area contributed by atoms with Crippen LogP contribution < -0.4 is 5.56 Å². The summed E-state index contributed by atoms with van der Waals surface area (Å²) in [6.07, 6.45) is 5.76.